The van der Waals surface area contributed by atoms with Gasteiger partial charge in [0, 0.05) is 0 Å². The van der Waals surface area contributed by atoms with E-state index in [1.54, 1.807) is 0 Å². The molecule has 0 fully saturated rings. The van der Waals surface area contributed by atoms with Crippen LogP contribution in [0.2, 0.25) is 0 Å². The second-order valence-electron chi connectivity index (χ2n) is 1.21. The van der Waals surface area contributed by atoms with E-state index in [2.05, 4.69) is 0 Å². The van der Waals surface area contributed by atoms with Gasteiger partial charge in [-0.1, -0.05) is 0 Å². The minimum Gasteiger partial charge on any atom is -0.516 e. The number of halogens is 1. The van der Waals surface area contributed by atoms with Gasteiger partial charge in [-0.2, -0.15) is 0 Å². The molecule has 0 atom stereocenters. The average Bonchev–Trinajstić information content (AvgIpc) is 1.38. The van der Waals surface area contributed by atoms with Crippen molar-refractivity contribution in [2.24, 2.45) is 0 Å². The first-order valence-electron chi connectivity index (χ1n) is 1.55. The summed E-state index contributed by atoms with van der Waals surface area (Å²) >= 11 is 0. The number of aliphatic hydroxyl groups excluding tert-OH is 1. The molecule has 0 spiro atoms. The van der Waals surface area contributed by atoms with Gasteiger partial charge in [-0.05, 0) is 19.4 Å². The van der Waals surface area contributed by atoms with Gasteiger partial charge in [0.15, 0.2) is 0 Å². The lowest BCUT2D eigenvalue weighted by atomic mass is 10.4. The Bertz CT molecular complexity index is 45.5. The van der Waals surface area contributed by atoms with E-state index in [9.17, 15) is 0 Å². The summed E-state index contributed by atoms with van der Waals surface area (Å²) in [7, 11) is 0. The molecule has 0 heterocycles. The number of rotatable bonds is 0. The van der Waals surface area contributed by atoms with Gasteiger partial charge >= 0.3 is 0 Å². The summed E-state index contributed by atoms with van der Waals surface area (Å²) in [4.78, 5) is 0. The Balaban J connectivity index is 0. The Hall–Kier alpha value is -0.170. The number of hydrogen-bond donors (Lipinski definition) is 1. The molecule has 38 valence electrons. The first-order valence-corrected chi connectivity index (χ1v) is 1.55. The van der Waals surface area contributed by atoms with Gasteiger partial charge in [-0.15, -0.1) is 12.4 Å². The van der Waals surface area contributed by atoms with E-state index < -0.39 is 0 Å². The van der Waals surface area contributed by atoms with Gasteiger partial charge in [0.25, 0.3) is 0 Å². The van der Waals surface area contributed by atoms with E-state index >= 15 is 0 Å². The van der Waals surface area contributed by atoms with E-state index in [-0.39, 0.29) is 12.4 Å². The van der Waals surface area contributed by atoms with Crippen LogP contribution in [0.3, 0.4) is 0 Å². The molecule has 0 saturated heterocycles. The molecule has 0 rings (SSSR count). The molecule has 0 aromatic carbocycles. The van der Waals surface area contributed by atoms with Crippen molar-refractivity contribution in [2.45, 2.75) is 13.8 Å². The Kier molecular flexibility index (Phi) is 7.46. The highest BCUT2D eigenvalue weighted by Gasteiger charge is 1.62. The highest BCUT2D eigenvalue weighted by Crippen LogP contribution is 1.80. The predicted octanol–water partition coefficient (Wildman–Crippen LogP) is 1.89. The average molecular weight is 109 g/mol. The molecule has 6 heavy (non-hydrogen) atoms. The fourth-order valence-corrected chi connectivity index (χ4v) is 0. The molecule has 0 unspecified atom stereocenters. The van der Waals surface area contributed by atoms with Crippen LogP contribution in [0.15, 0.2) is 11.8 Å². The molecule has 0 aromatic rings. The van der Waals surface area contributed by atoms with Crippen molar-refractivity contribution >= 4 is 12.4 Å². The summed E-state index contributed by atoms with van der Waals surface area (Å²) in [5.41, 5.74) is 0.935. The summed E-state index contributed by atoms with van der Waals surface area (Å²) in [6, 6.07) is 0. The Morgan fingerprint density at radius 3 is 1.67 bits per heavy atom. The van der Waals surface area contributed by atoms with Crippen LogP contribution in [0.5, 0.6) is 0 Å². The zero-order chi connectivity index (χ0) is 4.28. The van der Waals surface area contributed by atoms with Crippen LogP contribution in [-0.2, 0) is 0 Å². The van der Waals surface area contributed by atoms with Crippen LogP contribution in [0.1, 0.15) is 13.8 Å². The van der Waals surface area contributed by atoms with Gasteiger partial charge < -0.3 is 5.11 Å². The summed E-state index contributed by atoms with van der Waals surface area (Å²) in [6.07, 6.45) is 1.08. The zero-order valence-corrected chi connectivity index (χ0v) is 4.75. The second kappa shape index (κ2) is 4.83. The van der Waals surface area contributed by atoms with Crippen LogP contribution < -0.4 is 0 Å². The van der Waals surface area contributed by atoms with Crippen LogP contribution in [-0.4, -0.2) is 5.11 Å². The molecule has 1 N–H and O–H groups in total. The standard InChI is InChI=1S/C4H8O.ClH/c1-4(2)3-5;/h3,5H,1-2H3;1H. The van der Waals surface area contributed by atoms with Crippen molar-refractivity contribution in [1.82, 2.24) is 0 Å². The molecule has 0 aliphatic carbocycles. The quantitative estimate of drug-likeness (QED) is 0.470. The summed E-state index contributed by atoms with van der Waals surface area (Å²) in [5.74, 6) is 0. The van der Waals surface area contributed by atoms with Crippen molar-refractivity contribution < 1.29 is 5.11 Å². The molecule has 0 aromatic heterocycles. The van der Waals surface area contributed by atoms with Crippen molar-refractivity contribution in [2.75, 3.05) is 0 Å². The summed E-state index contributed by atoms with van der Waals surface area (Å²) in [6.45, 7) is 3.67. The van der Waals surface area contributed by atoms with E-state index in [4.69, 9.17) is 5.11 Å². The normalized spacial score (nSPS) is 5.67. The summed E-state index contributed by atoms with van der Waals surface area (Å²) < 4.78 is 0. The van der Waals surface area contributed by atoms with Crippen LogP contribution in [0.4, 0.5) is 0 Å². The monoisotopic (exact) mass is 108 g/mol. The van der Waals surface area contributed by atoms with E-state index in [0.29, 0.717) is 0 Å². The van der Waals surface area contributed by atoms with Crippen LogP contribution in [0.25, 0.3) is 0 Å². The smallest absolute Gasteiger partial charge is 0.0778 e. The fourth-order valence-electron chi connectivity index (χ4n) is 0. The topological polar surface area (TPSA) is 20.2 Å². The van der Waals surface area contributed by atoms with Gasteiger partial charge in [-0.25, -0.2) is 0 Å². The van der Waals surface area contributed by atoms with Crippen molar-refractivity contribution in [3.8, 4) is 0 Å². The van der Waals surface area contributed by atoms with Crippen molar-refractivity contribution in [1.29, 1.82) is 0 Å². The van der Waals surface area contributed by atoms with Gasteiger partial charge in [0.2, 0.25) is 0 Å². The van der Waals surface area contributed by atoms with Gasteiger partial charge in [0.05, 0.1) is 6.26 Å². The number of aliphatic hydroxyl groups is 1. The first kappa shape index (κ1) is 9.27. The lowest BCUT2D eigenvalue weighted by Gasteiger charge is -1.73. The van der Waals surface area contributed by atoms with Gasteiger partial charge in [-0.3, -0.25) is 0 Å². The van der Waals surface area contributed by atoms with Crippen LogP contribution >= 0.6 is 12.4 Å². The zero-order valence-electron chi connectivity index (χ0n) is 3.93. The molecule has 0 aliphatic rings. The maximum absolute atomic E-state index is 7.98. The second-order valence-corrected chi connectivity index (χ2v) is 1.21. The molecule has 0 aliphatic heterocycles. The maximum atomic E-state index is 7.98. The Labute approximate surface area is 44.1 Å². The van der Waals surface area contributed by atoms with E-state index in [1.165, 1.54) is 0 Å². The highest BCUT2D eigenvalue weighted by atomic mass is 35.5. The maximum Gasteiger partial charge on any atom is 0.0778 e. The largest absolute Gasteiger partial charge is 0.516 e. The molecule has 0 bridgehead atoms. The van der Waals surface area contributed by atoms with Crippen molar-refractivity contribution in [3.63, 3.8) is 0 Å². The lowest BCUT2D eigenvalue weighted by molar-refractivity contribution is 0.467. The van der Waals surface area contributed by atoms with Crippen molar-refractivity contribution in [3.05, 3.63) is 11.8 Å². The molecule has 1 nitrogen and oxygen atoms in total. The minimum atomic E-state index is 0. The van der Waals surface area contributed by atoms with E-state index in [1.807, 2.05) is 13.8 Å². The molecular weight excluding hydrogens is 99.5 g/mol. The molecule has 0 saturated carbocycles. The number of hydrogen-bond acceptors (Lipinski definition) is 1. The molecular formula is C4H9ClO. The molecule has 2 heteroatoms. The Morgan fingerprint density at radius 1 is 1.50 bits per heavy atom. The third-order valence-corrected chi connectivity index (χ3v) is 0.258. The predicted molar refractivity (Wildman–Crippen MR) is 29.3 cm³/mol. The Morgan fingerprint density at radius 2 is 1.67 bits per heavy atom. The van der Waals surface area contributed by atoms with E-state index in [0.717, 1.165) is 11.8 Å². The number of allylic oxidation sites excluding steroid dienone is 1. The van der Waals surface area contributed by atoms with Gasteiger partial charge in [0.1, 0.15) is 0 Å². The fraction of sp³-hybridized carbons (Fsp3) is 0.500. The lowest BCUT2D eigenvalue weighted by Crippen LogP contribution is -1.56. The third-order valence-electron chi connectivity index (χ3n) is 0.258. The SMILES string of the molecule is CC(C)=CO.Cl. The minimum absolute atomic E-state index is 0. The summed E-state index contributed by atoms with van der Waals surface area (Å²) in [5, 5.41) is 7.98. The van der Waals surface area contributed by atoms with Crippen LogP contribution in [0, 0.1) is 0 Å². The molecule has 0 radical (unpaired) electrons. The highest BCUT2D eigenvalue weighted by molar-refractivity contribution is 5.85. The first-order chi connectivity index (χ1) is 2.27. The third kappa shape index (κ3) is 9.16. The molecule has 0 amide bonds.